The minimum Gasteiger partial charge on any atom is -0.493 e. The van der Waals surface area contributed by atoms with Crippen LogP contribution >= 0.6 is 0 Å². The standard InChI is InChI=1S/C19H18F3NO3/c1-3-5-13-8-9-16(17(10-13)25-2)26-12-18(24)23-15-7-4-6-14(11-15)19(20,21)22/h3-4,6-11H,1,5,12H2,2H3,(H,23,24). The fraction of sp³-hybridized carbons (Fsp3) is 0.211. The number of hydrogen-bond acceptors (Lipinski definition) is 3. The van der Waals surface area contributed by atoms with Crippen LogP contribution in [0.4, 0.5) is 18.9 Å². The van der Waals surface area contributed by atoms with E-state index in [1.807, 2.05) is 6.07 Å². The second-order valence-electron chi connectivity index (χ2n) is 5.39. The van der Waals surface area contributed by atoms with E-state index in [4.69, 9.17) is 9.47 Å². The SMILES string of the molecule is C=CCc1ccc(OCC(=O)Nc2cccc(C(F)(F)F)c2)c(OC)c1. The van der Waals surface area contributed by atoms with Gasteiger partial charge < -0.3 is 14.8 Å². The van der Waals surface area contributed by atoms with E-state index in [2.05, 4.69) is 11.9 Å². The van der Waals surface area contributed by atoms with Crippen LogP contribution in [0.15, 0.2) is 55.1 Å². The summed E-state index contributed by atoms with van der Waals surface area (Å²) in [4.78, 5) is 11.9. The van der Waals surface area contributed by atoms with Crippen molar-refractivity contribution in [3.63, 3.8) is 0 Å². The lowest BCUT2D eigenvalue weighted by atomic mass is 10.1. The van der Waals surface area contributed by atoms with Gasteiger partial charge in [0.2, 0.25) is 0 Å². The molecular weight excluding hydrogens is 347 g/mol. The molecule has 0 saturated heterocycles. The van der Waals surface area contributed by atoms with Crippen LogP contribution in [-0.2, 0) is 17.4 Å². The number of halogens is 3. The zero-order chi connectivity index (χ0) is 19.2. The fourth-order valence-corrected chi connectivity index (χ4v) is 2.24. The number of carbonyl (C=O) groups excluding carboxylic acids is 1. The number of hydrogen-bond donors (Lipinski definition) is 1. The molecule has 0 aromatic heterocycles. The van der Waals surface area contributed by atoms with Gasteiger partial charge in [-0.1, -0.05) is 18.2 Å². The lowest BCUT2D eigenvalue weighted by Crippen LogP contribution is -2.20. The highest BCUT2D eigenvalue weighted by molar-refractivity contribution is 5.92. The first kappa shape index (κ1) is 19.4. The molecule has 0 heterocycles. The quantitative estimate of drug-likeness (QED) is 0.737. The number of ether oxygens (including phenoxy) is 2. The van der Waals surface area contributed by atoms with E-state index in [1.54, 1.807) is 18.2 Å². The summed E-state index contributed by atoms with van der Waals surface area (Å²) in [6.45, 7) is 3.29. The first-order chi connectivity index (χ1) is 12.3. The summed E-state index contributed by atoms with van der Waals surface area (Å²) in [5, 5.41) is 2.38. The van der Waals surface area contributed by atoms with Gasteiger partial charge in [-0.2, -0.15) is 13.2 Å². The Labute approximate surface area is 149 Å². The topological polar surface area (TPSA) is 47.6 Å². The molecule has 2 aromatic rings. The number of methoxy groups -OCH3 is 1. The minimum atomic E-state index is -4.47. The van der Waals surface area contributed by atoms with Crippen LogP contribution in [-0.4, -0.2) is 19.6 Å². The van der Waals surface area contributed by atoms with E-state index < -0.39 is 17.6 Å². The summed E-state index contributed by atoms with van der Waals surface area (Å²) in [5.74, 6) is 0.234. The highest BCUT2D eigenvalue weighted by Crippen LogP contribution is 2.31. The molecule has 0 atom stereocenters. The predicted molar refractivity (Wildman–Crippen MR) is 92.5 cm³/mol. The van der Waals surface area contributed by atoms with E-state index in [-0.39, 0.29) is 12.3 Å². The second kappa shape index (κ2) is 8.42. The van der Waals surface area contributed by atoms with Gasteiger partial charge in [0.1, 0.15) is 0 Å². The molecule has 1 N–H and O–H groups in total. The third-order valence-electron chi connectivity index (χ3n) is 3.44. The molecule has 7 heteroatoms. The van der Waals surface area contributed by atoms with E-state index in [0.717, 1.165) is 17.7 Å². The van der Waals surface area contributed by atoms with Gasteiger partial charge in [0.05, 0.1) is 12.7 Å². The average Bonchev–Trinajstić information content (AvgIpc) is 2.60. The molecule has 138 valence electrons. The van der Waals surface area contributed by atoms with Crippen molar-refractivity contribution in [1.82, 2.24) is 0 Å². The Kier molecular flexibility index (Phi) is 6.27. The highest BCUT2D eigenvalue weighted by atomic mass is 19.4. The third kappa shape index (κ3) is 5.27. The second-order valence-corrected chi connectivity index (χ2v) is 5.39. The number of benzene rings is 2. The van der Waals surface area contributed by atoms with Gasteiger partial charge in [-0.25, -0.2) is 0 Å². The highest BCUT2D eigenvalue weighted by Gasteiger charge is 2.30. The first-order valence-electron chi connectivity index (χ1n) is 7.71. The lowest BCUT2D eigenvalue weighted by molar-refractivity contribution is -0.137. The fourth-order valence-electron chi connectivity index (χ4n) is 2.24. The van der Waals surface area contributed by atoms with Crippen LogP contribution in [0.1, 0.15) is 11.1 Å². The molecule has 2 aromatic carbocycles. The molecule has 0 saturated carbocycles. The Balaban J connectivity index is 2.00. The van der Waals surface area contributed by atoms with E-state index in [1.165, 1.54) is 19.2 Å². The van der Waals surface area contributed by atoms with Crippen LogP contribution in [0.5, 0.6) is 11.5 Å². The van der Waals surface area contributed by atoms with Crippen molar-refractivity contribution in [1.29, 1.82) is 0 Å². The molecule has 4 nitrogen and oxygen atoms in total. The molecule has 1 amide bonds. The van der Waals surface area contributed by atoms with Gasteiger partial charge in [-0.3, -0.25) is 4.79 Å². The normalized spacial score (nSPS) is 10.9. The van der Waals surface area contributed by atoms with Gasteiger partial charge in [0, 0.05) is 5.69 Å². The molecule has 0 bridgehead atoms. The number of allylic oxidation sites excluding steroid dienone is 1. The van der Waals surface area contributed by atoms with Gasteiger partial charge in [0.25, 0.3) is 5.91 Å². The molecule has 26 heavy (non-hydrogen) atoms. The maximum Gasteiger partial charge on any atom is 0.416 e. The number of anilines is 1. The lowest BCUT2D eigenvalue weighted by Gasteiger charge is -2.13. The Morgan fingerprint density at radius 1 is 1.19 bits per heavy atom. The summed E-state index contributed by atoms with van der Waals surface area (Å²) in [7, 11) is 1.47. The van der Waals surface area contributed by atoms with Crippen LogP contribution in [0, 0.1) is 0 Å². The first-order valence-corrected chi connectivity index (χ1v) is 7.71. The van der Waals surface area contributed by atoms with Crippen molar-refractivity contribution in [2.24, 2.45) is 0 Å². The average molecular weight is 365 g/mol. The summed E-state index contributed by atoms with van der Waals surface area (Å²) < 4.78 is 48.7. The maximum absolute atomic E-state index is 12.7. The van der Waals surface area contributed by atoms with Gasteiger partial charge in [-0.05, 0) is 42.3 Å². The Morgan fingerprint density at radius 2 is 1.96 bits per heavy atom. The molecular formula is C19H18F3NO3. The summed E-state index contributed by atoms with van der Waals surface area (Å²) in [6, 6.07) is 9.63. The molecule has 0 unspecified atom stereocenters. The number of nitrogens with one attached hydrogen (secondary N) is 1. The van der Waals surface area contributed by atoms with Crippen molar-refractivity contribution >= 4 is 11.6 Å². The zero-order valence-corrected chi connectivity index (χ0v) is 14.1. The van der Waals surface area contributed by atoms with Crippen LogP contribution < -0.4 is 14.8 Å². The Hall–Kier alpha value is -2.96. The van der Waals surface area contributed by atoms with Crippen LogP contribution in [0.2, 0.25) is 0 Å². The number of rotatable bonds is 7. The number of carbonyl (C=O) groups is 1. The summed E-state index contributed by atoms with van der Waals surface area (Å²) >= 11 is 0. The smallest absolute Gasteiger partial charge is 0.416 e. The zero-order valence-electron chi connectivity index (χ0n) is 14.1. The monoisotopic (exact) mass is 365 g/mol. The van der Waals surface area contributed by atoms with Crippen molar-refractivity contribution in [3.8, 4) is 11.5 Å². The Morgan fingerprint density at radius 3 is 2.62 bits per heavy atom. The third-order valence-corrected chi connectivity index (χ3v) is 3.44. The van der Waals surface area contributed by atoms with Crippen molar-refractivity contribution < 1.29 is 27.4 Å². The molecule has 0 fully saturated rings. The largest absolute Gasteiger partial charge is 0.493 e. The van der Waals surface area contributed by atoms with E-state index in [9.17, 15) is 18.0 Å². The van der Waals surface area contributed by atoms with E-state index >= 15 is 0 Å². The van der Waals surface area contributed by atoms with Gasteiger partial charge in [0.15, 0.2) is 18.1 Å². The summed E-state index contributed by atoms with van der Waals surface area (Å²) in [5.41, 5.74) is 0.176. The van der Waals surface area contributed by atoms with E-state index in [0.29, 0.717) is 17.9 Å². The van der Waals surface area contributed by atoms with Gasteiger partial charge >= 0.3 is 6.18 Å². The molecule has 2 rings (SSSR count). The molecule has 0 aliphatic rings. The minimum absolute atomic E-state index is 0.0433. The van der Waals surface area contributed by atoms with Crippen molar-refractivity contribution in [2.75, 3.05) is 19.0 Å². The Bertz CT molecular complexity index is 788. The van der Waals surface area contributed by atoms with Crippen molar-refractivity contribution in [3.05, 3.63) is 66.2 Å². The molecule has 0 radical (unpaired) electrons. The molecule has 0 spiro atoms. The van der Waals surface area contributed by atoms with Crippen LogP contribution in [0.3, 0.4) is 0 Å². The molecule has 0 aliphatic heterocycles. The number of amides is 1. The predicted octanol–water partition coefficient (Wildman–Crippen LogP) is 4.46. The van der Waals surface area contributed by atoms with Gasteiger partial charge in [-0.15, -0.1) is 6.58 Å². The summed E-state index contributed by atoms with van der Waals surface area (Å²) in [6.07, 6.45) is -2.07. The number of alkyl halides is 3. The van der Waals surface area contributed by atoms with Crippen molar-refractivity contribution in [2.45, 2.75) is 12.6 Å². The molecule has 0 aliphatic carbocycles. The van der Waals surface area contributed by atoms with Crippen LogP contribution in [0.25, 0.3) is 0 Å². The maximum atomic E-state index is 12.7.